The molecule has 2 rings (SSSR count). The van der Waals surface area contributed by atoms with Gasteiger partial charge in [0.25, 0.3) is 11.1 Å². The van der Waals surface area contributed by atoms with E-state index < -0.39 is 48.6 Å². The summed E-state index contributed by atoms with van der Waals surface area (Å²) in [5, 5.41) is 49.0. The Hall–Kier alpha value is -2.34. The fraction of sp³-hybridized carbons (Fsp3) is 0.500. The van der Waals surface area contributed by atoms with Crippen molar-refractivity contribution in [2.45, 2.75) is 31.8 Å². The predicted molar refractivity (Wildman–Crippen MR) is 73.7 cm³/mol. The van der Waals surface area contributed by atoms with Gasteiger partial charge in [-0.05, 0) is 6.92 Å². The molecule has 3 atom stereocenters. The Morgan fingerprint density at radius 3 is 2.48 bits per heavy atom. The lowest BCUT2D eigenvalue weighted by Crippen LogP contribution is -2.43. The molecular formula is C12H15N4O7-. The molecule has 11 nitrogen and oxygen atoms in total. The summed E-state index contributed by atoms with van der Waals surface area (Å²) < 4.78 is 0.812. The van der Waals surface area contributed by atoms with Gasteiger partial charge in [-0.2, -0.15) is 0 Å². The summed E-state index contributed by atoms with van der Waals surface area (Å²) in [6.07, 6.45) is -5.03. The van der Waals surface area contributed by atoms with Crippen LogP contribution in [0.3, 0.4) is 0 Å². The molecule has 2 aromatic heterocycles. The number of fused-ring (bicyclic) bond motifs is 1. The first-order valence-electron chi connectivity index (χ1n) is 6.59. The van der Waals surface area contributed by atoms with Gasteiger partial charge < -0.3 is 30.5 Å². The molecule has 0 aliphatic heterocycles. The summed E-state index contributed by atoms with van der Waals surface area (Å²) >= 11 is 0. The van der Waals surface area contributed by atoms with Crippen LogP contribution in [0.4, 0.5) is 0 Å². The third-order valence-electron chi connectivity index (χ3n) is 3.29. The first-order valence-corrected chi connectivity index (χ1v) is 6.59. The summed E-state index contributed by atoms with van der Waals surface area (Å²) in [6.45, 7) is -0.0348. The highest BCUT2D eigenvalue weighted by Gasteiger charge is 2.26. The molecule has 2 aromatic rings. The molecular weight excluding hydrogens is 312 g/mol. The van der Waals surface area contributed by atoms with Crippen molar-refractivity contribution in [2.24, 2.45) is 0 Å². The van der Waals surface area contributed by atoms with Crippen molar-refractivity contribution in [2.75, 3.05) is 6.61 Å². The highest BCUT2D eigenvalue weighted by molar-refractivity contribution is 5.69. The highest BCUT2D eigenvalue weighted by atomic mass is 16.4. The van der Waals surface area contributed by atoms with Crippen molar-refractivity contribution in [3.63, 3.8) is 0 Å². The second kappa shape index (κ2) is 6.42. The molecule has 0 fully saturated rings. The minimum Gasteiger partial charge on any atom is -0.846 e. The third kappa shape index (κ3) is 3.22. The largest absolute Gasteiger partial charge is 0.846 e. The molecule has 0 spiro atoms. The van der Waals surface area contributed by atoms with Gasteiger partial charge in [0.1, 0.15) is 24.0 Å². The lowest BCUT2D eigenvalue weighted by Gasteiger charge is -2.22. The van der Waals surface area contributed by atoms with Crippen molar-refractivity contribution in [3.8, 4) is 6.01 Å². The fourth-order valence-corrected chi connectivity index (χ4v) is 2.06. The van der Waals surface area contributed by atoms with E-state index in [-0.39, 0.29) is 16.9 Å². The van der Waals surface area contributed by atoms with Crippen LogP contribution in [0.25, 0.3) is 11.2 Å². The van der Waals surface area contributed by atoms with E-state index in [4.69, 9.17) is 5.11 Å². The maximum absolute atomic E-state index is 12.1. The molecule has 0 amide bonds. The van der Waals surface area contributed by atoms with Crippen molar-refractivity contribution in [3.05, 3.63) is 26.4 Å². The summed E-state index contributed by atoms with van der Waals surface area (Å²) in [5.74, 6) is 0. The first kappa shape index (κ1) is 17.0. The van der Waals surface area contributed by atoms with Crippen LogP contribution < -0.4 is 16.2 Å². The van der Waals surface area contributed by atoms with E-state index in [9.17, 15) is 30.0 Å². The van der Waals surface area contributed by atoms with Gasteiger partial charge in [-0.15, -0.1) is 0 Å². The molecule has 0 aliphatic rings. The van der Waals surface area contributed by atoms with Crippen LogP contribution in [0.15, 0.2) is 9.59 Å². The molecule has 0 radical (unpaired) electrons. The number of H-pyrrole nitrogens is 1. The molecule has 11 heteroatoms. The standard InChI is InChI=1S/C12H16N4O7/c1-4-11(22)16(2-5(18)8(20)6(19)3-17)9-7(13-4)10(21)15-12(23)14-9/h5-6,8,17-20H,2-3H2,1H3,(H2,14,15,21,23)/p-1/t5-,6+,8-/m0/s1. The number of hydrogen-bond donors (Lipinski definition) is 5. The smallest absolute Gasteiger partial charge is 0.278 e. The zero-order chi connectivity index (χ0) is 17.3. The molecule has 5 N–H and O–H groups in total. The fourth-order valence-electron chi connectivity index (χ4n) is 2.06. The van der Waals surface area contributed by atoms with Gasteiger partial charge in [0.15, 0.2) is 11.2 Å². The lowest BCUT2D eigenvalue weighted by atomic mass is 10.1. The molecule has 0 saturated carbocycles. The van der Waals surface area contributed by atoms with E-state index in [1.165, 1.54) is 6.92 Å². The van der Waals surface area contributed by atoms with Crippen molar-refractivity contribution < 1.29 is 25.5 Å². The van der Waals surface area contributed by atoms with E-state index in [0.29, 0.717) is 0 Å². The van der Waals surface area contributed by atoms with Gasteiger partial charge in [-0.1, -0.05) is 0 Å². The maximum atomic E-state index is 12.1. The molecule has 126 valence electrons. The number of hydrogen-bond acceptors (Lipinski definition) is 9. The minimum atomic E-state index is -1.75. The number of rotatable bonds is 5. The summed E-state index contributed by atoms with van der Waals surface area (Å²) in [7, 11) is 0. The molecule has 23 heavy (non-hydrogen) atoms. The quantitative estimate of drug-likeness (QED) is 0.364. The first-order chi connectivity index (χ1) is 10.8. The van der Waals surface area contributed by atoms with Crippen LogP contribution in [0.5, 0.6) is 6.01 Å². The Morgan fingerprint density at radius 2 is 1.87 bits per heavy atom. The highest BCUT2D eigenvalue weighted by Crippen LogP contribution is 2.08. The van der Waals surface area contributed by atoms with Crippen LogP contribution in [0, 0.1) is 6.92 Å². The van der Waals surface area contributed by atoms with E-state index in [1.54, 1.807) is 0 Å². The van der Waals surface area contributed by atoms with Crippen LogP contribution in [-0.4, -0.2) is 64.9 Å². The zero-order valence-corrected chi connectivity index (χ0v) is 12.0. The molecule has 0 saturated heterocycles. The van der Waals surface area contributed by atoms with Crippen LogP contribution in [0.1, 0.15) is 5.69 Å². The maximum Gasteiger partial charge on any atom is 0.278 e. The van der Waals surface area contributed by atoms with Gasteiger partial charge in [-0.25, -0.2) is 9.97 Å². The Balaban J connectivity index is 2.57. The average molecular weight is 327 g/mol. The number of aryl methyl sites for hydroxylation is 1. The second-order valence-corrected chi connectivity index (χ2v) is 4.96. The number of nitrogens with one attached hydrogen (secondary N) is 1. The van der Waals surface area contributed by atoms with Crippen LogP contribution in [0.2, 0.25) is 0 Å². The summed E-state index contributed by atoms with van der Waals surface area (Å²) in [6, 6.07) is -0.994. The molecule has 0 bridgehead atoms. The van der Waals surface area contributed by atoms with Crippen LogP contribution in [-0.2, 0) is 6.54 Å². The van der Waals surface area contributed by atoms with Crippen molar-refractivity contribution in [1.29, 1.82) is 0 Å². The number of aliphatic hydroxyl groups is 4. The Bertz CT molecular complexity index is 830. The van der Waals surface area contributed by atoms with E-state index >= 15 is 0 Å². The molecule has 0 aliphatic carbocycles. The lowest BCUT2D eigenvalue weighted by molar-refractivity contribution is -0.281. The van der Waals surface area contributed by atoms with Gasteiger partial charge >= 0.3 is 0 Å². The number of aliphatic hydroxyl groups excluding tert-OH is 4. The summed E-state index contributed by atoms with van der Waals surface area (Å²) in [4.78, 5) is 33.0. The summed E-state index contributed by atoms with van der Waals surface area (Å²) in [5.41, 5.74) is -2.26. The number of nitrogens with zero attached hydrogens (tertiary/aromatic N) is 3. The average Bonchev–Trinajstić information content (AvgIpc) is 2.51. The third-order valence-corrected chi connectivity index (χ3v) is 3.29. The zero-order valence-electron chi connectivity index (χ0n) is 12.0. The van der Waals surface area contributed by atoms with E-state index in [0.717, 1.165) is 4.57 Å². The Morgan fingerprint density at radius 1 is 1.22 bits per heavy atom. The van der Waals surface area contributed by atoms with Crippen molar-refractivity contribution in [1.82, 2.24) is 19.5 Å². The normalized spacial score (nSPS) is 15.5. The Labute approximate surface area is 128 Å². The topological polar surface area (TPSA) is 185 Å². The van der Waals surface area contributed by atoms with Gasteiger partial charge in [-0.3, -0.25) is 14.2 Å². The van der Waals surface area contributed by atoms with E-state index in [1.807, 2.05) is 4.98 Å². The van der Waals surface area contributed by atoms with Gasteiger partial charge in [0, 0.05) is 0 Å². The molecule has 0 aromatic carbocycles. The molecule has 0 unspecified atom stereocenters. The monoisotopic (exact) mass is 327 g/mol. The van der Waals surface area contributed by atoms with E-state index in [2.05, 4.69) is 9.97 Å². The number of aromatic nitrogens is 4. The predicted octanol–water partition coefficient (Wildman–Crippen LogP) is -4.06. The van der Waals surface area contributed by atoms with Gasteiger partial charge in [0.2, 0.25) is 0 Å². The Kier molecular flexibility index (Phi) is 4.75. The SMILES string of the molecule is Cc1nc2c(=O)[nH]c([O-])nc2n(C[C@H](O)[C@H](O)[C@H](O)CO)c1=O. The van der Waals surface area contributed by atoms with Crippen LogP contribution >= 0.6 is 0 Å². The minimum absolute atomic E-state index is 0.0761. The molecule has 2 heterocycles. The van der Waals surface area contributed by atoms with Gasteiger partial charge in [0.05, 0.1) is 19.2 Å². The number of aromatic amines is 1. The van der Waals surface area contributed by atoms with Crippen molar-refractivity contribution >= 4 is 11.2 Å². The second-order valence-electron chi connectivity index (χ2n) is 4.96.